The number of amides is 1. The van der Waals surface area contributed by atoms with Gasteiger partial charge in [-0.15, -0.1) is 5.10 Å². The average molecular weight is 494 g/mol. The molecule has 10 heteroatoms. The number of furan rings is 1. The minimum absolute atomic E-state index is 0.133. The average Bonchev–Trinajstić information content (AvgIpc) is 3.64. The number of halogens is 1. The van der Waals surface area contributed by atoms with Crippen molar-refractivity contribution in [2.24, 2.45) is 5.10 Å². The van der Waals surface area contributed by atoms with Crippen LogP contribution in [0.4, 0.5) is 0 Å². The van der Waals surface area contributed by atoms with Crippen molar-refractivity contribution in [3.8, 4) is 17.1 Å². The van der Waals surface area contributed by atoms with Gasteiger partial charge in [0.1, 0.15) is 17.6 Å². The molecule has 4 aromatic rings. The third kappa shape index (κ3) is 4.71. The first-order valence-corrected chi connectivity index (χ1v) is 11.9. The predicted molar refractivity (Wildman–Crippen MR) is 130 cm³/mol. The number of methoxy groups -OCH3 is 1. The zero-order chi connectivity index (χ0) is 23.5. The largest absolute Gasteiger partial charge is 0.497 e. The first-order valence-electron chi connectivity index (χ1n) is 10.5. The second kappa shape index (κ2) is 9.74. The topological polar surface area (TPSA) is 96.6 Å². The highest BCUT2D eigenvalue weighted by Gasteiger charge is 2.34. The summed E-state index contributed by atoms with van der Waals surface area (Å²) in [6.07, 6.45) is 2.15. The highest BCUT2D eigenvalue weighted by molar-refractivity contribution is 7.99. The molecule has 1 aliphatic heterocycles. The summed E-state index contributed by atoms with van der Waals surface area (Å²) < 4.78 is 10.8. The number of hydrogen-bond acceptors (Lipinski definition) is 7. The Bertz CT molecular complexity index is 1300. The molecule has 1 aliphatic rings. The van der Waals surface area contributed by atoms with Crippen LogP contribution in [0.1, 0.15) is 23.8 Å². The van der Waals surface area contributed by atoms with Crippen LogP contribution >= 0.6 is 23.4 Å². The van der Waals surface area contributed by atoms with Gasteiger partial charge in [-0.2, -0.15) is 5.10 Å². The van der Waals surface area contributed by atoms with Crippen molar-refractivity contribution in [3.05, 3.63) is 83.3 Å². The Labute approximate surface area is 205 Å². The zero-order valence-corrected chi connectivity index (χ0v) is 19.7. The number of thioether (sulfide) groups is 1. The molecule has 172 valence electrons. The lowest BCUT2D eigenvalue weighted by Crippen LogP contribution is -2.28. The minimum Gasteiger partial charge on any atom is -0.497 e. The van der Waals surface area contributed by atoms with E-state index in [0.717, 1.165) is 22.6 Å². The van der Waals surface area contributed by atoms with Crippen molar-refractivity contribution in [2.45, 2.75) is 17.6 Å². The van der Waals surface area contributed by atoms with Crippen LogP contribution in [-0.2, 0) is 4.79 Å². The number of aromatic nitrogens is 3. The number of rotatable bonds is 7. The summed E-state index contributed by atoms with van der Waals surface area (Å²) in [6, 6.07) is 18.3. The molecule has 1 unspecified atom stereocenters. The number of carbonyl (C=O) groups is 1. The number of nitrogens with zero attached hydrogens (tertiary/aromatic N) is 4. The second-order valence-electron chi connectivity index (χ2n) is 7.51. The van der Waals surface area contributed by atoms with E-state index >= 15 is 0 Å². The Hall–Kier alpha value is -3.56. The fourth-order valence-electron chi connectivity index (χ4n) is 3.64. The number of benzene rings is 2. The van der Waals surface area contributed by atoms with E-state index in [1.807, 2.05) is 54.6 Å². The van der Waals surface area contributed by atoms with E-state index in [2.05, 4.69) is 20.3 Å². The molecule has 1 N–H and O–H groups in total. The van der Waals surface area contributed by atoms with Gasteiger partial charge in [-0.25, -0.2) is 9.99 Å². The normalized spacial score (nSPS) is 15.4. The van der Waals surface area contributed by atoms with Gasteiger partial charge in [-0.05, 0) is 54.1 Å². The fraction of sp³-hybridized carbons (Fsp3) is 0.167. The monoisotopic (exact) mass is 493 g/mol. The van der Waals surface area contributed by atoms with E-state index in [-0.39, 0.29) is 17.7 Å². The van der Waals surface area contributed by atoms with Crippen LogP contribution < -0.4 is 4.74 Å². The maximum atomic E-state index is 13.2. The van der Waals surface area contributed by atoms with E-state index in [9.17, 15) is 4.79 Å². The zero-order valence-electron chi connectivity index (χ0n) is 18.1. The van der Waals surface area contributed by atoms with Gasteiger partial charge >= 0.3 is 0 Å². The van der Waals surface area contributed by atoms with Gasteiger partial charge in [-0.1, -0.05) is 35.5 Å². The van der Waals surface area contributed by atoms with Crippen molar-refractivity contribution in [3.63, 3.8) is 0 Å². The highest BCUT2D eigenvalue weighted by Crippen LogP contribution is 2.34. The Morgan fingerprint density at radius 2 is 1.94 bits per heavy atom. The van der Waals surface area contributed by atoms with Gasteiger partial charge in [-0.3, -0.25) is 9.89 Å². The lowest BCUT2D eigenvalue weighted by molar-refractivity contribution is -0.130. The molecule has 0 radical (unpaired) electrons. The number of ether oxygens (including phenoxy) is 1. The Morgan fingerprint density at radius 1 is 1.18 bits per heavy atom. The molecule has 34 heavy (non-hydrogen) atoms. The summed E-state index contributed by atoms with van der Waals surface area (Å²) in [5.74, 6) is 2.04. The maximum Gasteiger partial charge on any atom is 0.253 e. The summed E-state index contributed by atoms with van der Waals surface area (Å²) in [5.41, 5.74) is 2.60. The van der Waals surface area contributed by atoms with Crippen molar-refractivity contribution in [1.82, 2.24) is 20.2 Å². The van der Waals surface area contributed by atoms with E-state index in [1.165, 1.54) is 16.8 Å². The molecule has 1 atom stereocenters. The molecule has 0 fully saturated rings. The number of nitrogens with one attached hydrogen (secondary N) is 1. The van der Waals surface area contributed by atoms with Crippen LogP contribution in [0.15, 0.2) is 81.6 Å². The molecular weight excluding hydrogens is 474 g/mol. The van der Waals surface area contributed by atoms with E-state index in [4.69, 9.17) is 20.8 Å². The lowest BCUT2D eigenvalue weighted by Gasteiger charge is -2.19. The smallest absolute Gasteiger partial charge is 0.253 e. The number of hydrazone groups is 1. The van der Waals surface area contributed by atoms with E-state index in [1.54, 1.807) is 19.4 Å². The molecule has 2 aromatic carbocycles. The number of hydrogen-bond donors (Lipinski definition) is 1. The molecule has 5 rings (SSSR count). The lowest BCUT2D eigenvalue weighted by atomic mass is 10.0. The molecule has 0 bridgehead atoms. The molecule has 0 spiro atoms. The Morgan fingerprint density at radius 3 is 2.65 bits per heavy atom. The summed E-state index contributed by atoms with van der Waals surface area (Å²) in [5, 5.41) is 14.4. The van der Waals surface area contributed by atoms with Crippen LogP contribution in [0.5, 0.6) is 5.75 Å². The van der Waals surface area contributed by atoms with Crippen molar-refractivity contribution < 1.29 is 13.9 Å². The summed E-state index contributed by atoms with van der Waals surface area (Å²) in [7, 11) is 1.62. The van der Waals surface area contributed by atoms with Gasteiger partial charge in [0.25, 0.3) is 5.91 Å². The number of H-pyrrole nitrogens is 1. The predicted octanol–water partition coefficient (Wildman–Crippen LogP) is 5.20. The molecule has 2 aromatic heterocycles. The molecule has 0 saturated heterocycles. The van der Waals surface area contributed by atoms with Gasteiger partial charge in [0.05, 0.1) is 24.8 Å². The number of aromatic amines is 1. The molecule has 0 saturated carbocycles. The van der Waals surface area contributed by atoms with Crippen LogP contribution in [0, 0.1) is 0 Å². The molecular formula is C24H20ClN5O3S. The molecule has 8 nitrogen and oxygen atoms in total. The van der Waals surface area contributed by atoms with E-state index in [0.29, 0.717) is 28.2 Å². The van der Waals surface area contributed by atoms with Crippen molar-refractivity contribution in [2.75, 3.05) is 12.9 Å². The third-order valence-electron chi connectivity index (χ3n) is 5.37. The van der Waals surface area contributed by atoms with Gasteiger partial charge in [0, 0.05) is 17.0 Å². The van der Waals surface area contributed by atoms with Crippen molar-refractivity contribution in [1.29, 1.82) is 0 Å². The summed E-state index contributed by atoms with van der Waals surface area (Å²) >= 11 is 7.27. The van der Waals surface area contributed by atoms with Crippen LogP contribution in [0.2, 0.25) is 5.02 Å². The second-order valence-corrected chi connectivity index (χ2v) is 8.89. The highest BCUT2D eigenvalue weighted by atomic mass is 35.5. The molecule has 0 aliphatic carbocycles. The SMILES string of the molecule is COc1ccc(-c2nc(SCC(=O)N3N=C(c4ccc(Cl)cc4)CC3c3ccco3)n[nH]2)cc1. The van der Waals surface area contributed by atoms with Crippen LogP contribution in [0.3, 0.4) is 0 Å². The quantitative estimate of drug-likeness (QED) is 0.355. The Kier molecular flexibility index (Phi) is 6.37. The Balaban J connectivity index is 1.30. The maximum absolute atomic E-state index is 13.2. The van der Waals surface area contributed by atoms with E-state index < -0.39 is 0 Å². The van der Waals surface area contributed by atoms with Crippen LogP contribution in [0.25, 0.3) is 11.4 Å². The van der Waals surface area contributed by atoms with Gasteiger partial charge < -0.3 is 9.15 Å². The first-order chi connectivity index (χ1) is 16.6. The van der Waals surface area contributed by atoms with Gasteiger partial charge in [0.2, 0.25) is 5.16 Å². The molecule has 3 heterocycles. The fourth-order valence-corrected chi connectivity index (χ4v) is 4.42. The standard InChI is InChI=1S/C24H20ClN5O3S/c1-32-18-10-6-16(7-11-18)23-26-24(28-27-23)34-14-22(31)30-20(21-3-2-12-33-21)13-19(29-30)15-4-8-17(25)9-5-15/h2-12,20H,13-14H2,1H3,(H,26,27,28). The van der Waals surface area contributed by atoms with Crippen molar-refractivity contribution >= 4 is 35.0 Å². The van der Waals surface area contributed by atoms with Crippen LogP contribution in [-0.4, -0.2) is 44.7 Å². The molecule has 1 amide bonds. The van der Waals surface area contributed by atoms with Gasteiger partial charge in [0.15, 0.2) is 5.82 Å². The first kappa shape index (κ1) is 22.2. The summed E-state index contributed by atoms with van der Waals surface area (Å²) in [4.78, 5) is 17.7. The minimum atomic E-state index is -0.309. The number of carbonyl (C=O) groups excluding carboxylic acids is 1. The third-order valence-corrected chi connectivity index (χ3v) is 6.45. The summed E-state index contributed by atoms with van der Waals surface area (Å²) in [6.45, 7) is 0.